The van der Waals surface area contributed by atoms with Gasteiger partial charge in [0.05, 0.1) is 59.6 Å². The molecule has 0 bridgehead atoms. The predicted octanol–water partition coefficient (Wildman–Crippen LogP) is 2.77. The molecule has 2 atom stereocenters. The van der Waals surface area contributed by atoms with Crippen LogP contribution in [0.1, 0.15) is 69.9 Å². The second-order valence-electron chi connectivity index (χ2n) is 16.4. The number of allylic oxidation sites excluding steroid dienone is 4. The van der Waals surface area contributed by atoms with Crippen molar-refractivity contribution in [2.75, 3.05) is 69.6 Å². The highest BCUT2D eigenvalue weighted by Gasteiger charge is 2.49. The molecular formula is C41H54N3O19S4+. The van der Waals surface area contributed by atoms with Crippen molar-refractivity contribution in [1.29, 1.82) is 0 Å². The summed E-state index contributed by atoms with van der Waals surface area (Å²) in [5, 5.41) is 0.412. The average Bonchev–Trinajstić information content (AvgIpc) is 3.75. The third kappa shape index (κ3) is 13.4. The van der Waals surface area contributed by atoms with Crippen LogP contribution in [0.15, 0.2) is 70.1 Å². The summed E-state index contributed by atoms with van der Waals surface area (Å²) in [6.45, 7) is 4.04. The van der Waals surface area contributed by atoms with E-state index in [9.17, 15) is 66.3 Å². The van der Waals surface area contributed by atoms with E-state index in [-0.39, 0.29) is 84.5 Å². The number of hydroxylamine groups is 2. The minimum Gasteiger partial charge on any atom is -0.382 e. The van der Waals surface area contributed by atoms with E-state index >= 15 is 0 Å². The lowest BCUT2D eigenvalue weighted by molar-refractivity contribution is -0.442. The first-order valence-electron chi connectivity index (χ1n) is 20.9. The Labute approximate surface area is 389 Å². The van der Waals surface area contributed by atoms with Crippen molar-refractivity contribution in [2.45, 2.75) is 79.4 Å². The van der Waals surface area contributed by atoms with Crippen molar-refractivity contribution in [3.8, 4) is 0 Å². The van der Waals surface area contributed by atoms with Crippen molar-refractivity contribution < 1.29 is 89.9 Å². The number of hydrogen-bond donors (Lipinski definition) is 4. The number of ether oxygens (including phenoxy) is 3. The molecule has 22 nitrogen and oxygen atoms in total. The first-order valence-corrected chi connectivity index (χ1v) is 27.0. The Bertz CT molecular complexity index is 2780. The zero-order valence-electron chi connectivity index (χ0n) is 36.9. The number of fused-ring (bicyclic) bond motifs is 2. The maximum atomic E-state index is 12.4. The second kappa shape index (κ2) is 21.4. The van der Waals surface area contributed by atoms with E-state index in [4.69, 9.17) is 19.0 Å². The smallest absolute Gasteiger partial charge is 0.335 e. The highest BCUT2D eigenvalue weighted by Crippen LogP contribution is 2.51. The molecule has 1 fully saturated rings. The molecule has 0 aromatic heterocycles. The lowest BCUT2D eigenvalue weighted by Gasteiger charge is -2.30. The molecule has 0 saturated carbocycles. The molecule has 0 radical (unpaired) electrons. The number of anilines is 1. The fourth-order valence-electron chi connectivity index (χ4n) is 8.46. The van der Waals surface area contributed by atoms with Crippen LogP contribution in [0.2, 0.25) is 0 Å². The van der Waals surface area contributed by atoms with Gasteiger partial charge in [-0.1, -0.05) is 6.08 Å². The van der Waals surface area contributed by atoms with E-state index < -0.39 is 90.4 Å². The van der Waals surface area contributed by atoms with Gasteiger partial charge < -0.3 is 23.9 Å². The van der Waals surface area contributed by atoms with E-state index in [0.29, 0.717) is 45.6 Å². The fourth-order valence-corrected chi connectivity index (χ4v) is 10.5. The third-order valence-electron chi connectivity index (χ3n) is 11.7. The van der Waals surface area contributed by atoms with Gasteiger partial charge in [0.15, 0.2) is 12.3 Å². The average molecular weight is 1020 g/mol. The van der Waals surface area contributed by atoms with E-state index in [2.05, 4.69) is 0 Å². The van der Waals surface area contributed by atoms with Gasteiger partial charge in [-0.25, -0.2) is 4.79 Å². The number of rotatable bonds is 25. The Morgan fingerprint density at radius 1 is 0.746 bits per heavy atom. The second-order valence-corrected chi connectivity index (χ2v) is 22.4. The number of carbonyl (C=O) groups is 3. The lowest BCUT2D eigenvalue weighted by Crippen LogP contribution is -2.33. The summed E-state index contributed by atoms with van der Waals surface area (Å²) in [6.07, 6.45) is 4.30. The molecule has 3 aliphatic heterocycles. The van der Waals surface area contributed by atoms with Crippen LogP contribution in [0, 0.1) is 0 Å². The van der Waals surface area contributed by atoms with Gasteiger partial charge in [0, 0.05) is 61.0 Å². The van der Waals surface area contributed by atoms with Gasteiger partial charge in [-0.2, -0.15) is 38.2 Å². The molecule has 3 heterocycles. The van der Waals surface area contributed by atoms with Crippen LogP contribution < -0.4 is 4.90 Å². The first-order chi connectivity index (χ1) is 31.2. The highest BCUT2D eigenvalue weighted by atomic mass is 32.2. The quantitative estimate of drug-likeness (QED) is 0.0481. The summed E-state index contributed by atoms with van der Waals surface area (Å²) in [5.74, 6) is -3.48. The maximum Gasteiger partial charge on any atom is 0.335 e. The fraction of sp³-hybridized carbons (Fsp3) is 0.512. The molecule has 4 N–H and O–H groups in total. The standard InChI is InChI=1S/C41H53N3O19S4/c1-40(16-5-25-64(48,49)50)31-27-29(66(54,55)56)9-11-33(31)42(18-21-61-20-15-39(47)63-44-37(45)13-14-38(44)46)35(40)7-4-8-36-41(2,17-6-26-65(51,52)53)32-28-30(67(57,58)59)10-12-34(32)43(36)19-22-62-24-23-60-3/h4,7-12,27-28H,5-6,13-26H2,1-3H3,(H3-,48,49,50,51,52,53,54,55,56,57,58,59)/p+1. The van der Waals surface area contributed by atoms with Crippen molar-refractivity contribution in [3.05, 3.63) is 71.5 Å². The first kappa shape index (κ1) is 53.5. The molecule has 26 heteroatoms. The molecule has 2 amide bonds. The predicted molar refractivity (Wildman–Crippen MR) is 238 cm³/mol. The van der Waals surface area contributed by atoms with Gasteiger partial charge in [-0.15, -0.1) is 5.06 Å². The van der Waals surface area contributed by atoms with Crippen molar-refractivity contribution in [1.82, 2.24) is 5.06 Å². The van der Waals surface area contributed by atoms with Crippen LogP contribution >= 0.6 is 0 Å². The van der Waals surface area contributed by atoms with Crippen LogP contribution in [-0.4, -0.2) is 150 Å². The van der Waals surface area contributed by atoms with E-state index in [1.54, 1.807) is 36.7 Å². The summed E-state index contributed by atoms with van der Waals surface area (Å²) in [7, 11) is -16.8. The normalized spacial score (nSPS) is 20.7. The Kier molecular flexibility index (Phi) is 17.1. The summed E-state index contributed by atoms with van der Waals surface area (Å²) < 4.78 is 155. The monoisotopic (exact) mass is 1020 g/mol. The van der Waals surface area contributed by atoms with Gasteiger partial charge in [0.25, 0.3) is 52.3 Å². The van der Waals surface area contributed by atoms with Gasteiger partial charge >= 0.3 is 5.97 Å². The van der Waals surface area contributed by atoms with Crippen LogP contribution in [0.4, 0.5) is 11.4 Å². The van der Waals surface area contributed by atoms with Gasteiger partial charge in [0.2, 0.25) is 5.69 Å². The topological polar surface area (TPSA) is 315 Å². The van der Waals surface area contributed by atoms with Crippen LogP contribution in [0.5, 0.6) is 0 Å². The van der Waals surface area contributed by atoms with Gasteiger partial charge in [-0.05, 0) is 81.5 Å². The summed E-state index contributed by atoms with van der Waals surface area (Å²) in [4.78, 5) is 42.0. The Balaban J connectivity index is 1.60. The molecule has 0 aliphatic carbocycles. The molecule has 67 heavy (non-hydrogen) atoms. The Hall–Kier alpha value is -4.48. The largest absolute Gasteiger partial charge is 0.382 e. The van der Waals surface area contributed by atoms with Crippen LogP contribution in [0.25, 0.3) is 0 Å². The zero-order chi connectivity index (χ0) is 49.6. The highest BCUT2D eigenvalue weighted by molar-refractivity contribution is 7.86. The minimum atomic E-state index is -4.75. The molecule has 0 spiro atoms. The number of nitrogens with zero attached hydrogens (tertiary/aromatic N) is 3. The van der Waals surface area contributed by atoms with Crippen LogP contribution in [-0.2, 0) is 84.7 Å². The van der Waals surface area contributed by atoms with Gasteiger partial charge in [0.1, 0.15) is 6.61 Å². The number of hydrogen-bond acceptors (Lipinski definition) is 16. The van der Waals surface area contributed by atoms with E-state index in [1.165, 1.54) is 43.5 Å². The third-order valence-corrected chi connectivity index (χ3v) is 15.0. The maximum absolute atomic E-state index is 12.4. The summed E-state index contributed by atoms with van der Waals surface area (Å²) in [5.41, 5.74) is 0.246. The number of carbonyl (C=O) groups excluding carboxylic acids is 3. The minimum absolute atomic E-state index is 0.00421. The summed E-state index contributed by atoms with van der Waals surface area (Å²) in [6, 6.07) is 7.86. The van der Waals surface area contributed by atoms with E-state index in [1.807, 2.05) is 4.90 Å². The number of methoxy groups -OCH3 is 1. The number of benzene rings is 2. The molecule has 2 aromatic carbocycles. The molecule has 2 aromatic rings. The van der Waals surface area contributed by atoms with Crippen LogP contribution in [0.3, 0.4) is 0 Å². The lowest BCUT2D eigenvalue weighted by atomic mass is 9.75. The van der Waals surface area contributed by atoms with Gasteiger partial charge in [-0.3, -0.25) is 27.8 Å². The van der Waals surface area contributed by atoms with Crippen molar-refractivity contribution in [2.24, 2.45) is 0 Å². The molecular weight excluding hydrogens is 967 g/mol. The molecule has 1 saturated heterocycles. The number of amides is 2. The SMILES string of the molecule is COCCOCCN1C(=CC=CC2=[N+](CCOCCC(=O)ON3C(=O)CCC3=O)c3ccc(S(=O)(=O)O)cc3C2(C)CCCS(=O)(=O)O)C(C)(CCCS(=O)(=O)O)c2cc(S(=O)(=O)O)ccc21. The molecule has 2 unspecified atom stereocenters. The summed E-state index contributed by atoms with van der Waals surface area (Å²) >= 11 is 0. The molecule has 370 valence electrons. The Morgan fingerprint density at radius 2 is 1.31 bits per heavy atom. The molecule has 3 aliphatic rings. The number of imide groups is 1. The Morgan fingerprint density at radius 3 is 1.90 bits per heavy atom. The zero-order valence-corrected chi connectivity index (χ0v) is 40.2. The molecule has 5 rings (SSSR count). The van der Waals surface area contributed by atoms with Crippen molar-refractivity contribution >= 4 is 75.3 Å². The van der Waals surface area contributed by atoms with Crippen molar-refractivity contribution in [3.63, 3.8) is 0 Å². The van der Waals surface area contributed by atoms with E-state index in [0.717, 1.165) is 0 Å².